The van der Waals surface area contributed by atoms with Gasteiger partial charge in [0.2, 0.25) is 0 Å². The first-order chi connectivity index (χ1) is 19.1. The minimum atomic E-state index is -0.289. The molecule has 0 saturated carbocycles. The van der Waals surface area contributed by atoms with E-state index in [-0.39, 0.29) is 5.97 Å². The van der Waals surface area contributed by atoms with E-state index in [2.05, 4.69) is 35.2 Å². The van der Waals surface area contributed by atoms with Gasteiger partial charge in [-0.05, 0) is 74.6 Å². The van der Waals surface area contributed by atoms with Crippen molar-refractivity contribution in [2.75, 3.05) is 45.0 Å². The summed E-state index contributed by atoms with van der Waals surface area (Å²) in [6.45, 7) is 8.57. The number of hydrogen-bond acceptors (Lipinski definition) is 6. The highest BCUT2D eigenvalue weighted by atomic mass is 16.5. The Labute approximate surface area is 232 Å². The smallest absolute Gasteiger partial charge is 0.333 e. The Hall–Kier alpha value is -3.77. The van der Waals surface area contributed by atoms with E-state index < -0.39 is 0 Å². The number of carbonyl (C=O) groups is 1. The number of anilines is 1. The third-order valence-corrected chi connectivity index (χ3v) is 6.76. The van der Waals surface area contributed by atoms with Crippen molar-refractivity contribution in [2.45, 2.75) is 39.7 Å². The molecule has 0 radical (unpaired) electrons. The summed E-state index contributed by atoms with van der Waals surface area (Å²) in [6.07, 6.45) is 5.12. The summed E-state index contributed by atoms with van der Waals surface area (Å²) in [4.78, 5) is 14.8. The van der Waals surface area contributed by atoms with Gasteiger partial charge in [-0.3, -0.25) is 0 Å². The molecular weight excluding hydrogens is 490 g/mol. The summed E-state index contributed by atoms with van der Waals surface area (Å²) >= 11 is 0. The number of para-hydroxylation sites is 2. The second-order valence-corrected chi connectivity index (χ2v) is 9.40. The maximum absolute atomic E-state index is 12.5. The third-order valence-electron chi connectivity index (χ3n) is 6.76. The first kappa shape index (κ1) is 28.2. The quantitative estimate of drug-likeness (QED) is 0.296. The van der Waals surface area contributed by atoms with Gasteiger partial charge < -0.3 is 23.8 Å². The van der Waals surface area contributed by atoms with E-state index in [0.717, 1.165) is 52.7 Å². The predicted molar refractivity (Wildman–Crippen MR) is 156 cm³/mol. The first-order valence-electron chi connectivity index (χ1n) is 13.8. The van der Waals surface area contributed by atoms with Crippen molar-refractivity contribution in [2.24, 2.45) is 0 Å². The predicted octanol–water partition coefficient (Wildman–Crippen LogP) is 6.91. The Morgan fingerprint density at radius 2 is 1.59 bits per heavy atom. The van der Waals surface area contributed by atoms with Gasteiger partial charge in [0, 0.05) is 48.7 Å². The second kappa shape index (κ2) is 14.4. The zero-order chi connectivity index (χ0) is 27.5. The molecule has 0 bridgehead atoms. The van der Waals surface area contributed by atoms with Crippen molar-refractivity contribution in [1.29, 1.82) is 0 Å². The molecule has 206 valence electrons. The summed E-state index contributed by atoms with van der Waals surface area (Å²) in [5, 5.41) is 0. The van der Waals surface area contributed by atoms with Crippen LogP contribution in [-0.4, -0.2) is 46.1 Å². The maximum Gasteiger partial charge on any atom is 0.333 e. The lowest BCUT2D eigenvalue weighted by Crippen LogP contribution is -2.25. The van der Waals surface area contributed by atoms with E-state index in [1.54, 1.807) is 0 Å². The number of benzene rings is 3. The standard InChI is InChI=1S/C29H31NO4.C4H8O/c1-4-33-27-12-8-6-10-23(27)20-30-17-16-22(29(31)32-3)19-24-18-21(14-15-26(24)30)25-11-7-9-13-28(25)34-5-2;1-2-4-5-3-1/h6-15,18-19H,4-5,16-17,20H2,1-3H3;1-4H2. The fourth-order valence-corrected chi connectivity index (χ4v) is 4.85. The zero-order valence-electron chi connectivity index (χ0n) is 23.3. The lowest BCUT2D eigenvalue weighted by Gasteiger charge is -2.26. The second-order valence-electron chi connectivity index (χ2n) is 9.40. The molecule has 2 aliphatic rings. The van der Waals surface area contributed by atoms with Gasteiger partial charge in [-0.25, -0.2) is 4.79 Å². The summed E-state index contributed by atoms with van der Waals surface area (Å²) < 4.78 is 21.7. The summed E-state index contributed by atoms with van der Waals surface area (Å²) in [7, 11) is 1.43. The average Bonchev–Trinajstić information content (AvgIpc) is 3.51. The van der Waals surface area contributed by atoms with E-state index in [1.165, 1.54) is 20.0 Å². The number of ether oxygens (including phenoxy) is 4. The van der Waals surface area contributed by atoms with Gasteiger partial charge >= 0.3 is 5.97 Å². The van der Waals surface area contributed by atoms with Crippen molar-refractivity contribution in [3.63, 3.8) is 0 Å². The van der Waals surface area contributed by atoms with Crippen LogP contribution < -0.4 is 14.4 Å². The maximum atomic E-state index is 12.5. The number of nitrogens with zero attached hydrogens (tertiary/aromatic N) is 1. The van der Waals surface area contributed by atoms with Crippen LogP contribution in [0.3, 0.4) is 0 Å². The molecule has 0 atom stereocenters. The monoisotopic (exact) mass is 529 g/mol. The molecule has 39 heavy (non-hydrogen) atoms. The van der Waals surface area contributed by atoms with Gasteiger partial charge in [-0.2, -0.15) is 0 Å². The lowest BCUT2D eigenvalue weighted by molar-refractivity contribution is -0.136. The van der Waals surface area contributed by atoms with E-state index in [4.69, 9.17) is 18.9 Å². The summed E-state index contributed by atoms with van der Waals surface area (Å²) in [6, 6.07) is 22.5. The normalized spacial score (nSPS) is 14.3. The molecule has 0 amide bonds. The molecule has 0 aliphatic carbocycles. The van der Waals surface area contributed by atoms with Crippen molar-refractivity contribution < 1.29 is 23.7 Å². The highest BCUT2D eigenvalue weighted by Crippen LogP contribution is 2.37. The molecule has 0 spiro atoms. The van der Waals surface area contributed by atoms with Crippen LogP contribution in [-0.2, 0) is 20.8 Å². The van der Waals surface area contributed by atoms with Crippen LogP contribution in [0.5, 0.6) is 11.5 Å². The highest BCUT2D eigenvalue weighted by Gasteiger charge is 2.22. The molecule has 1 fully saturated rings. The van der Waals surface area contributed by atoms with Crippen LogP contribution in [0.2, 0.25) is 0 Å². The molecule has 0 N–H and O–H groups in total. The fourth-order valence-electron chi connectivity index (χ4n) is 4.85. The molecule has 1 saturated heterocycles. The van der Waals surface area contributed by atoms with Crippen LogP contribution in [0.1, 0.15) is 44.2 Å². The Bertz CT molecular complexity index is 1260. The van der Waals surface area contributed by atoms with E-state index >= 15 is 0 Å². The molecule has 2 aliphatic heterocycles. The van der Waals surface area contributed by atoms with Gasteiger partial charge in [0.1, 0.15) is 11.5 Å². The topological polar surface area (TPSA) is 57.2 Å². The van der Waals surface area contributed by atoms with Crippen LogP contribution in [0.4, 0.5) is 5.69 Å². The minimum Gasteiger partial charge on any atom is -0.494 e. The number of methoxy groups -OCH3 is 1. The number of fused-ring (bicyclic) bond motifs is 1. The van der Waals surface area contributed by atoms with E-state index in [9.17, 15) is 4.79 Å². The molecule has 3 aromatic rings. The Morgan fingerprint density at radius 3 is 2.28 bits per heavy atom. The summed E-state index contributed by atoms with van der Waals surface area (Å²) in [5.74, 6) is 1.44. The number of rotatable bonds is 8. The largest absolute Gasteiger partial charge is 0.494 e. The van der Waals surface area contributed by atoms with Gasteiger partial charge in [0.25, 0.3) is 0 Å². The average molecular weight is 530 g/mol. The van der Waals surface area contributed by atoms with Crippen LogP contribution >= 0.6 is 0 Å². The molecule has 5 rings (SSSR count). The number of esters is 1. The summed E-state index contributed by atoms with van der Waals surface area (Å²) in [5.41, 5.74) is 5.90. The SMILES string of the molecule is C1CCOC1.CCOc1ccccc1CN1CCC(C(=O)OC)=Cc2cc(-c3ccccc3OCC)ccc21. The molecule has 0 unspecified atom stereocenters. The van der Waals surface area contributed by atoms with Crippen molar-refractivity contribution >= 4 is 17.7 Å². The van der Waals surface area contributed by atoms with Crippen LogP contribution in [0.25, 0.3) is 17.2 Å². The van der Waals surface area contributed by atoms with Crippen LogP contribution in [0, 0.1) is 0 Å². The van der Waals surface area contributed by atoms with Crippen LogP contribution in [0.15, 0.2) is 72.3 Å². The molecule has 2 heterocycles. The van der Waals surface area contributed by atoms with Crippen molar-refractivity contribution in [3.05, 3.63) is 83.4 Å². The zero-order valence-corrected chi connectivity index (χ0v) is 23.3. The lowest BCUT2D eigenvalue weighted by atomic mass is 9.99. The molecule has 6 nitrogen and oxygen atoms in total. The van der Waals surface area contributed by atoms with E-state index in [1.807, 2.05) is 56.3 Å². The Morgan fingerprint density at radius 1 is 0.897 bits per heavy atom. The third kappa shape index (κ3) is 7.42. The van der Waals surface area contributed by atoms with Crippen molar-refractivity contribution in [3.8, 4) is 22.6 Å². The van der Waals surface area contributed by atoms with Gasteiger partial charge in [-0.1, -0.05) is 42.5 Å². The van der Waals surface area contributed by atoms with Gasteiger partial charge in [-0.15, -0.1) is 0 Å². The van der Waals surface area contributed by atoms with Gasteiger partial charge in [0.05, 0.1) is 20.3 Å². The number of hydrogen-bond donors (Lipinski definition) is 0. The molecule has 6 heteroatoms. The first-order valence-corrected chi connectivity index (χ1v) is 13.8. The number of carbonyl (C=O) groups excluding carboxylic acids is 1. The Balaban J connectivity index is 0.000000634. The van der Waals surface area contributed by atoms with Gasteiger partial charge in [0.15, 0.2) is 0 Å². The van der Waals surface area contributed by atoms with Crippen molar-refractivity contribution in [1.82, 2.24) is 0 Å². The molecule has 3 aromatic carbocycles. The minimum absolute atomic E-state index is 0.289. The Kier molecular flexibility index (Phi) is 10.4. The highest BCUT2D eigenvalue weighted by molar-refractivity contribution is 5.96. The fraction of sp³-hybridized carbons (Fsp3) is 0.364. The molecule has 0 aromatic heterocycles. The molecular formula is C33H39NO5. The van der Waals surface area contributed by atoms with E-state index in [0.29, 0.717) is 38.3 Å².